The quantitative estimate of drug-likeness (QED) is 0.761. The van der Waals surface area contributed by atoms with Crippen LogP contribution in [0.1, 0.15) is 24.8 Å². The summed E-state index contributed by atoms with van der Waals surface area (Å²) in [6.45, 7) is 1.04. The van der Waals surface area contributed by atoms with Crippen molar-refractivity contribution in [3.05, 3.63) is 23.9 Å². The SMILES string of the molecule is CN(C)c1ncccc1CNC(=O)N[C@@H]1CCCCNC1=O. The third-order valence-electron chi connectivity index (χ3n) is 3.57. The lowest BCUT2D eigenvalue weighted by atomic mass is 10.1. The summed E-state index contributed by atoms with van der Waals surface area (Å²) in [7, 11) is 3.81. The normalized spacial score (nSPS) is 18.1. The first-order valence-corrected chi connectivity index (χ1v) is 7.51. The van der Waals surface area contributed by atoms with E-state index < -0.39 is 6.04 Å². The Morgan fingerprint density at radius 2 is 2.27 bits per heavy atom. The number of aromatic nitrogens is 1. The molecule has 2 rings (SSSR count). The number of hydrogen-bond acceptors (Lipinski definition) is 4. The van der Waals surface area contributed by atoms with Crippen LogP contribution in [0.25, 0.3) is 0 Å². The van der Waals surface area contributed by atoms with E-state index >= 15 is 0 Å². The molecule has 0 radical (unpaired) electrons. The topological polar surface area (TPSA) is 86.4 Å². The molecule has 1 aliphatic rings. The molecular weight excluding hydrogens is 282 g/mol. The first-order chi connectivity index (χ1) is 10.6. The molecule has 1 saturated heterocycles. The minimum Gasteiger partial charge on any atom is -0.362 e. The Kier molecular flexibility index (Phi) is 5.57. The molecule has 0 aromatic carbocycles. The van der Waals surface area contributed by atoms with Crippen molar-refractivity contribution in [3.8, 4) is 0 Å². The number of hydrogen-bond donors (Lipinski definition) is 3. The van der Waals surface area contributed by atoms with E-state index in [1.54, 1.807) is 6.20 Å². The lowest BCUT2D eigenvalue weighted by Crippen LogP contribution is -2.49. The maximum atomic E-state index is 12.0. The average Bonchev–Trinajstić information content (AvgIpc) is 2.70. The van der Waals surface area contributed by atoms with Gasteiger partial charge in [0.05, 0.1) is 0 Å². The van der Waals surface area contributed by atoms with Crippen LogP contribution in [-0.4, -0.2) is 43.6 Å². The lowest BCUT2D eigenvalue weighted by Gasteiger charge is -2.18. The van der Waals surface area contributed by atoms with Gasteiger partial charge in [0.25, 0.3) is 0 Å². The third kappa shape index (κ3) is 4.34. The number of urea groups is 1. The smallest absolute Gasteiger partial charge is 0.315 e. The molecule has 1 aromatic heterocycles. The molecule has 0 bridgehead atoms. The number of nitrogens with one attached hydrogen (secondary N) is 3. The van der Waals surface area contributed by atoms with Gasteiger partial charge in [0.15, 0.2) is 0 Å². The zero-order chi connectivity index (χ0) is 15.9. The predicted molar refractivity (Wildman–Crippen MR) is 84.6 cm³/mol. The first-order valence-electron chi connectivity index (χ1n) is 7.51. The van der Waals surface area contributed by atoms with Crippen LogP contribution in [0.15, 0.2) is 18.3 Å². The van der Waals surface area contributed by atoms with Gasteiger partial charge in [-0.05, 0) is 25.3 Å². The van der Waals surface area contributed by atoms with E-state index in [1.165, 1.54) is 0 Å². The Morgan fingerprint density at radius 1 is 1.45 bits per heavy atom. The van der Waals surface area contributed by atoms with E-state index in [-0.39, 0.29) is 11.9 Å². The van der Waals surface area contributed by atoms with Gasteiger partial charge < -0.3 is 20.9 Å². The van der Waals surface area contributed by atoms with E-state index in [1.807, 2.05) is 31.1 Å². The number of nitrogens with zero attached hydrogens (tertiary/aromatic N) is 2. The molecular formula is C15H23N5O2. The number of amides is 3. The fourth-order valence-corrected chi connectivity index (χ4v) is 2.43. The van der Waals surface area contributed by atoms with E-state index in [0.29, 0.717) is 19.5 Å². The van der Waals surface area contributed by atoms with Crippen LogP contribution in [0, 0.1) is 0 Å². The van der Waals surface area contributed by atoms with Crippen LogP contribution in [0.3, 0.4) is 0 Å². The van der Waals surface area contributed by atoms with Crippen LogP contribution >= 0.6 is 0 Å². The van der Waals surface area contributed by atoms with Gasteiger partial charge in [0, 0.05) is 38.9 Å². The number of anilines is 1. The van der Waals surface area contributed by atoms with Gasteiger partial charge in [0.2, 0.25) is 5.91 Å². The molecule has 1 atom stereocenters. The van der Waals surface area contributed by atoms with Crippen molar-refractivity contribution in [2.75, 3.05) is 25.5 Å². The van der Waals surface area contributed by atoms with Crippen molar-refractivity contribution in [1.82, 2.24) is 20.9 Å². The van der Waals surface area contributed by atoms with Crippen LogP contribution in [0.5, 0.6) is 0 Å². The molecule has 1 fully saturated rings. The Labute approximate surface area is 130 Å². The maximum Gasteiger partial charge on any atom is 0.315 e. The molecule has 0 spiro atoms. The van der Waals surface area contributed by atoms with Gasteiger partial charge in [-0.25, -0.2) is 9.78 Å². The summed E-state index contributed by atoms with van der Waals surface area (Å²) in [6.07, 6.45) is 4.27. The summed E-state index contributed by atoms with van der Waals surface area (Å²) in [4.78, 5) is 30.0. The van der Waals surface area contributed by atoms with Crippen molar-refractivity contribution in [1.29, 1.82) is 0 Å². The number of pyridine rings is 1. The second-order valence-electron chi connectivity index (χ2n) is 5.55. The first kappa shape index (κ1) is 16.1. The minimum atomic E-state index is -0.454. The number of carbonyl (C=O) groups is 2. The molecule has 0 aliphatic carbocycles. The van der Waals surface area contributed by atoms with Crippen LogP contribution in [0.2, 0.25) is 0 Å². The van der Waals surface area contributed by atoms with Gasteiger partial charge in [-0.1, -0.05) is 6.07 Å². The summed E-state index contributed by atoms with van der Waals surface area (Å²) in [5.74, 6) is 0.706. The summed E-state index contributed by atoms with van der Waals surface area (Å²) < 4.78 is 0. The second-order valence-corrected chi connectivity index (χ2v) is 5.55. The van der Waals surface area contributed by atoms with Crippen molar-refractivity contribution in [3.63, 3.8) is 0 Å². The van der Waals surface area contributed by atoms with E-state index in [0.717, 1.165) is 24.2 Å². The molecule has 7 heteroatoms. The van der Waals surface area contributed by atoms with E-state index in [2.05, 4.69) is 20.9 Å². The Bertz CT molecular complexity index is 532. The van der Waals surface area contributed by atoms with Crippen LogP contribution < -0.4 is 20.9 Å². The van der Waals surface area contributed by atoms with Gasteiger partial charge in [-0.2, -0.15) is 0 Å². The maximum absolute atomic E-state index is 12.0. The van der Waals surface area contributed by atoms with Gasteiger partial charge in [-0.3, -0.25) is 4.79 Å². The monoisotopic (exact) mass is 305 g/mol. The highest BCUT2D eigenvalue weighted by Crippen LogP contribution is 2.13. The molecule has 0 unspecified atom stereocenters. The molecule has 0 saturated carbocycles. The molecule has 120 valence electrons. The molecule has 1 aromatic rings. The predicted octanol–water partition coefficient (Wildman–Crippen LogP) is 0.615. The molecule has 1 aliphatic heterocycles. The lowest BCUT2D eigenvalue weighted by molar-refractivity contribution is -0.122. The highest BCUT2D eigenvalue weighted by atomic mass is 16.2. The molecule has 3 amide bonds. The van der Waals surface area contributed by atoms with Crippen molar-refractivity contribution >= 4 is 17.8 Å². The van der Waals surface area contributed by atoms with Gasteiger partial charge in [-0.15, -0.1) is 0 Å². The summed E-state index contributed by atoms with van der Waals surface area (Å²) >= 11 is 0. The number of rotatable bonds is 4. The van der Waals surface area contributed by atoms with Gasteiger partial charge in [0.1, 0.15) is 11.9 Å². The van der Waals surface area contributed by atoms with E-state index in [4.69, 9.17) is 0 Å². The summed E-state index contributed by atoms with van der Waals surface area (Å²) in [5.41, 5.74) is 0.924. The Hall–Kier alpha value is -2.31. The molecule has 3 N–H and O–H groups in total. The fraction of sp³-hybridized carbons (Fsp3) is 0.533. The van der Waals surface area contributed by atoms with Gasteiger partial charge >= 0.3 is 6.03 Å². The largest absolute Gasteiger partial charge is 0.362 e. The highest BCUT2D eigenvalue weighted by molar-refractivity contribution is 5.87. The van der Waals surface area contributed by atoms with Crippen molar-refractivity contribution in [2.24, 2.45) is 0 Å². The fourth-order valence-electron chi connectivity index (χ4n) is 2.43. The summed E-state index contributed by atoms with van der Waals surface area (Å²) in [5, 5.41) is 8.32. The highest BCUT2D eigenvalue weighted by Gasteiger charge is 2.22. The molecule has 2 heterocycles. The van der Waals surface area contributed by atoms with E-state index in [9.17, 15) is 9.59 Å². The van der Waals surface area contributed by atoms with Crippen LogP contribution in [0.4, 0.5) is 10.6 Å². The molecule has 7 nitrogen and oxygen atoms in total. The number of carbonyl (C=O) groups excluding carboxylic acids is 2. The second kappa shape index (κ2) is 7.63. The van der Waals surface area contributed by atoms with Crippen molar-refractivity contribution < 1.29 is 9.59 Å². The molecule has 22 heavy (non-hydrogen) atoms. The zero-order valence-corrected chi connectivity index (χ0v) is 13.1. The van der Waals surface area contributed by atoms with Crippen LogP contribution in [-0.2, 0) is 11.3 Å². The van der Waals surface area contributed by atoms with Crippen molar-refractivity contribution in [2.45, 2.75) is 31.8 Å². The summed E-state index contributed by atoms with van der Waals surface area (Å²) in [6, 6.07) is 2.96. The average molecular weight is 305 g/mol. The zero-order valence-electron chi connectivity index (χ0n) is 13.1. The minimum absolute atomic E-state index is 0.108. The Morgan fingerprint density at radius 3 is 3.05 bits per heavy atom. The third-order valence-corrected chi connectivity index (χ3v) is 3.57. The Balaban J connectivity index is 1.89. The standard InChI is InChI=1S/C15H23N5O2/c1-20(2)13-11(6-5-9-16-13)10-18-15(22)19-12-7-3-4-8-17-14(12)21/h5-6,9,12H,3-4,7-8,10H2,1-2H3,(H,17,21)(H2,18,19,22)/t12-/m1/s1.